The Morgan fingerprint density at radius 3 is 2.81 bits per heavy atom. The number of hydrazine groups is 1. The molecule has 0 aromatic carbocycles. The maximum absolute atomic E-state index is 5.80. The van der Waals surface area contributed by atoms with Gasteiger partial charge in [0.05, 0.1) is 5.02 Å². The molecule has 0 atom stereocenters. The highest BCUT2D eigenvalue weighted by molar-refractivity contribution is 7.99. The van der Waals surface area contributed by atoms with E-state index >= 15 is 0 Å². The number of hydrogen-bond donors (Lipinski definition) is 2. The Kier molecular flexibility index (Phi) is 3.95. The normalized spacial score (nSPS) is 10.6. The molecular formula is C11H9ClN8S. The molecule has 3 N–H and O–H groups in total. The molecule has 3 heterocycles. The second kappa shape index (κ2) is 6.04. The standard InChI is InChI=1S/C11H9ClN8S/c12-7-2-3-8(14-6-7)21-11-17-9(19-13)16-10(18-11)20-5-1-4-15-20/h1-6H,13H2,(H,16,17,18,19). The Balaban J connectivity index is 1.94. The Morgan fingerprint density at radius 2 is 2.14 bits per heavy atom. The van der Waals surface area contributed by atoms with E-state index in [1.807, 2.05) is 0 Å². The first-order chi connectivity index (χ1) is 10.2. The minimum atomic E-state index is 0.243. The SMILES string of the molecule is NNc1nc(Sc2ccc(Cl)cn2)nc(-n2cccn2)n1. The highest BCUT2D eigenvalue weighted by Crippen LogP contribution is 2.24. The summed E-state index contributed by atoms with van der Waals surface area (Å²) in [5.41, 5.74) is 2.41. The number of anilines is 1. The number of pyridine rings is 1. The molecule has 0 spiro atoms. The van der Waals surface area contributed by atoms with E-state index in [4.69, 9.17) is 17.4 Å². The van der Waals surface area contributed by atoms with Gasteiger partial charge >= 0.3 is 0 Å². The Bertz CT molecular complexity index is 730. The molecule has 3 rings (SSSR count). The largest absolute Gasteiger partial charge is 0.292 e. The number of rotatable bonds is 4. The lowest BCUT2D eigenvalue weighted by Crippen LogP contribution is -2.14. The van der Waals surface area contributed by atoms with Crippen LogP contribution in [-0.4, -0.2) is 29.7 Å². The Morgan fingerprint density at radius 1 is 1.24 bits per heavy atom. The van der Waals surface area contributed by atoms with Gasteiger partial charge in [0.1, 0.15) is 5.03 Å². The Hall–Kier alpha value is -2.23. The van der Waals surface area contributed by atoms with Gasteiger partial charge in [0.25, 0.3) is 5.95 Å². The molecule has 10 heteroatoms. The third-order valence-corrected chi connectivity index (χ3v) is 3.38. The summed E-state index contributed by atoms with van der Waals surface area (Å²) in [5, 5.41) is 5.79. The van der Waals surface area contributed by atoms with Crippen LogP contribution in [0.3, 0.4) is 0 Å². The van der Waals surface area contributed by atoms with Gasteiger partial charge in [0.15, 0.2) is 0 Å². The number of hydrogen-bond acceptors (Lipinski definition) is 8. The molecule has 0 bridgehead atoms. The van der Waals surface area contributed by atoms with Crippen molar-refractivity contribution in [2.75, 3.05) is 5.43 Å². The molecule has 0 aliphatic carbocycles. The van der Waals surface area contributed by atoms with E-state index in [0.717, 1.165) is 0 Å². The molecule has 0 saturated heterocycles. The van der Waals surface area contributed by atoms with Crippen molar-refractivity contribution in [3.05, 3.63) is 41.8 Å². The van der Waals surface area contributed by atoms with E-state index in [2.05, 4.69) is 30.5 Å². The van der Waals surface area contributed by atoms with Gasteiger partial charge in [-0.25, -0.2) is 15.5 Å². The molecule has 106 valence electrons. The second-order valence-corrected chi connectivity index (χ2v) is 5.18. The topological polar surface area (TPSA) is 107 Å². The number of aromatic nitrogens is 6. The van der Waals surface area contributed by atoms with Crippen LogP contribution < -0.4 is 11.3 Å². The zero-order valence-electron chi connectivity index (χ0n) is 10.5. The van der Waals surface area contributed by atoms with Crippen LogP contribution in [0, 0.1) is 0 Å². The summed E-state index contributed by atoms with van der Waals surface area (Å²) in [4.78, 5) is 16.8. The van der Waals surface area contributed by atoms with E-state index in [0.29, 0.717) is 21.2 Å². The minimum absolute atomic E-state index is 0.243. The van der Waals surface area contributed by atoms with Crippen molar-refractivity contribution >= 4 is 29.3 Å². The average Bonchev–Trinajstić information content (AvgIpc) is 3.04. The van der Waals surface area contributed by atoms with Gasteiger partial charge in [-0.1, -0.05) is 11.6 Å². The molecule has 0 amide bonds. The van der Waals surface area contributed by atoms with Crippen molar-refractivity contribution in [1.82, 2.24) is 29.7 Å². The van der Waals surface area contributed by atoms with Crippen molar-refractivity contribution in [1.29, 1.82) is 0 Å². The first-order valence-corrected chi connectivity index (χ1v) is 6.96. The number of nitrogens with zero attached hydrogens (tertiary/aromatic N) is 6. The molecule has 3 aromatic rings. The van der Waals surface area contributed by atoms with Crippen LogP contribution in [0.2, 0.25) is 5.02 Å². The van der Waals surface area contributed by atoms with Gasteiger partial charge in [-0.3, -0.25) is 5.43 Å². The summed E-state index contributed by atoms with van der Waals surface area (Å²) < 4.78 is 1.52. The maximum atomic E-state index is 5.80. The molecule has 0 aliphatic heterocycles. The lowest BCUT2D eigenvalue weighted by Gasteiger charge is -2.05. The zero-order chi connectivity index (χ0) is 14.7. The van der Waals surface area contributed by atoms with Crippen molar-refractivity contribution < 1.29 is 0 Å². The van der Waals surface area contributed by atoms with E-state index < -0.39 is 0 Å². The highest BCUT2D eigenvalue weighted by atomic mass is 35.5. The van der Waals surface area contributed by atoms with Crippen LogP contribution in [-0.2, 0) is 0 Å². The summed E-state index contributed by atoms with van der Waals surface area (Å²) in [6.07, 6.45) is 4.92. The molecule has 0 aliphatic rings. The van der Waals surface area contributed by atoms with E-state index in [9.17, 15) is 0 Å². The third-order valence-electron chi connectivity index (χ3n) is 2.34. The van der Waals surface area contributed by atoms with Crippen LogP contribution in [0.15, 0.2) is 47.0 Å². The van der Waals surface area contributed by atoms with E-state index in [-0.39, 0.29) is 5.95 Å². The zero-order valence-corrected chi connectivity index (χ0v) is 12.1. The van der Waals surface area contributed by atoms with Gasteiger partial charge in [0, 0.05) is 18.6 Å². The quantitative estimate of drug-likeness (QED) is 0.550. The van der Waals surface area contributed by atoms with Crippen molar-refractivity contribution in [3.8, 4) is 5.95 Å². The lowest BCUT2D eigenvalue weighted by molar-refractivity contribution is 0.760. The molecule has 0 radical (unpaired) electrons. The van der Waals surface area contributed by atoms with Crippen LogP contribution in [0.4, 0.5) is 5.95 Å². The molecule has 0 saturated carbocycles. The van der Waals surface area contributed by atoms with Gasteiger partial charge in [0.2, 0.25) is 11.1 Å². The first kappa shape index (κ1) is 13.7. The van der Waals surface area contributed by atoms with Crippen LogP contribution in [0.25, 0.3) is 5.95 Å². The highest BCUT2D eigenvalue weighted by Gasteiger charge is 2.10. The minimum Gasteiger partial charge on any atom is -0.292 e. The lowest BCUT2D eigenvalue weighted by atomic mass is 10.5. The number of nitrogens with two attached hydrogens (primary N) is 1. The summed E-state index contributed by atoms with van der Waals surface area (Å²) in [5.74, 6) is 5.98. The van der Waals surface area contributed by atoms with Gasteiger partial charge in [-0.2, -0.15) is 20.1 Å². The first-order valence-electron chi connectivity index (χ1n) is 5.77. The van der Waals surface area contributed by atoms with Crippen LogP contribution in [0.1, 0.15) is 0 Å². The fourth-order valence-electron chi connectivity index (χ4n) is 1.46. The molecule has 21 heavy (non-hydrogen) atoms. The fraction of sp³-hybridized carbons (Fsp3) is 0. The third kappa shape index (κ3) is 3.27. The monoisotopic (exact) mass is 320 g/mol. The fourth-order valence-corrected chi connectivity index (χ4v) is 2.26. The summed E-state index contributed by atoms with van der Waals surface area (Å²) in [6, 6.07) is 5.29. The van der Waals surface area contributed by atoms with Crippen molar-refractivity contribution in [2.24, 2.45) is 5.84 Å². The molecule has 0 unspecified atom stereocenters. The maximum Gasteiger partial charge on any atom is 0.256 e. The van der Waals surface area contributed by atoms with Gasteiger partial charge < -0.3 is 0 Å². The van der Waals surface area contributed by atoms with Gasteiger partial charge in [-0.15, -0.1) is 0 Å². The van der Waals surface area contributed by atoms with E-state index in [1.165, 1.54) is 16.4 Å². The van der Waals surface area contributed by atoms with Gasteiger partial charge in [-0.05, 0) is 30.0 Å². The van der Waals surface area contributed by atoms with Crippen LogP contribution in [0.5, 0.6) is 0 Å². The number of nitrogens with one attached hydrogen (secondary N) is 1. The van der Waals surface area contributed by atoms with Crippen LogP contribution >= 0.6 is 23.4 Å². The molecule has 8 nitrogen and oxygen atoms in total. The smallest absolute Gasteiger partial charge is 0.256 e. The van der Waals surface area contributed by atoms with E-state index in [1.54, 1.807) is 36.8 Å². The molecular weight excluding hydrogens is 312 g/mol. The second-order valence-electron chi connectivity index (χ2n) is 3.75. The Labute approximate surface area is 128 Å². The average molecular weight is 321 g/mol. The summed E-state index contributed by atoms with van der Waals surface area (Å²) >= 11 is 7.07. The molecule has 3 aromatic heterocycles. The summed E-state index contributed by atoms with van der Waals surface area (Å²) in [6.45, 7) is 0. The summed E-state index contributed by atoms with van der Waals surface area (Å²) in [7, 11) is 0. The number of nitrogen functional groups attached to an aromatic ring is 1. The molecule has 0 fully saturated rings. The predicted molar refractivity (Wildman–Crippen MR) is 78.1 cm³/mol. The number of halogens is 1. The van der Waals surface area contributed by atoms with Crippen molar-refractivity contribution in [2.45, 2.75) is 10.2 Å². The predicted octanol–water partition coefficient (Wildman–Crippen LogP) is 1.54. The van der Waals surface area contributed by atoms with Crippen molar-refractivity contribution in [3.63, 3.8) is 0 Å².